The summed E-state index contributed by atoms with van der Waals surface area (Å²) in [6, 6.07) is 17.6. The van der Waals surface area contributed by atoms with Gasteiger partial charge in [-0.25, -0.2) is 31.8 Å². The largest absolute Gasteiger partial charge is 0.480 e. The van der Waals surface area contributed by atoms with Gasteiger partial charge in [0.05, 0.1) is 12.6 Å². The molecule has 6 aromatic rings. The standard InChI is InChI=1S/C30H22F2N8O4S/c1-44-30-26(39-45(42,43)27-9-7-22(31)13-24(27)32)12-21(14-34-30)19-6-8-25-20(10-19)11-23(28(33)37-25)17-2-4-18(5-3-17)29(41)38-40-15-35-36-16-40/h2-16,39H,1H3,(H2,33,37)(H,38,41). The van der Waals surface area contributed by atoms with Gasteiger partial charge in [-0.1, -0.05) is 18.2 Å². The number of ether oxygens (including phenoxy) is 1. The summed E-state index contributed by atoms with van der Waals surface area (Å²) in [5, 5.41) is 8.01. The number of halogens is 2. The molecule has 0 aliphatic heterocycles. The fraction of sp³-hybridized carbons (Fsp3) is 0.0333. The highest BCUT2D eigenvalue weighted by atomic mass is 32.2. The monoisotopic (exact) mass is 628 g/mol. The van der Waals surface area contributed by atoms with Crippen molar-refractivity contribution in [3.8, 4) is 28.1 Å². The van der Waals surface area contributed by atoms with E-state index in [9.17, 15) is 22.0 Å². The number of benzene rings is 3. The molecule has 0 aliphatic carbocycles. The van der Waals surface area contributed by atoms with E-state index in [4.69, 9.17) is 10.5 Å². The fourth-order valence-electron chi connectivity index (χ4n) is 4.58. The first-order chi connectivity index (χ1) is 21.6. The topological polar surface area (TPSA) is 167 Å². The van der Waals surface area contributed by atoms with Gasteiger partial charge in [0.15, 0.2) is 0 Å². The predicted octanol–water partition coefficient (Wildman–Crippen LogP) is 4.61. The number of aromatic nitrogens is 5. The van der Waals surface area contributed by atoms with Gasteiger partial charge in [0.25, 0.3) is 15.9 Å². The van der Waals surface area contributed by atoms with Crippen LogP contribution in [0, 0.1) is 11.6 Å². The molecule has 3 aromatic heterocycles. The number of nitrogen functional groups attached to an aromatic ring is 1. The van der Waals surface area contributed by atoms with Crippen molar-refractivity contribution >= 4 is 38.3 Å². The number of hydrogen-bond donors (Lipinski definition) is 3. The number of carbonyl (C=O) groups excluding carboxylic acids is 1. The lowest BCUT2D eigenvalue weighted by molar-refractivity contribution is 0.101. The predicted molar refractivity (Wildman–Crippen MR) is 162 cm³/mol. The number of sulfonamides is 1. The van der Waals surface area contributed by atoms with Crippen LogP contribution in [0.15, 0.2) is 96.5 Å². The quantitative estimate of drug-likeness (QED) is 0.218. The summed E-state index contributed by atoms with van der Waals surface area (Å²) < 4.78 is 62.4. The number of hydrogen-bond acceptors (Lipinski definition) is 9. The third kappa shape index (κ3) is 5.96. The number of rotatable bonds is 8. The Morgan fingerprint density at radius 2 is 1.64 bits per heavy atom. The van der Waals surface area contributed by atoms with Gasteiger partial charge in [0.1, 0.15) is 40.7 Å². The molecule has 0 saturated carbocycles. The van der Waals surface area contributed by atoms with E-state index in [0.29, 0.717) is 33.8 Å². The number of amides is 1. The van der Waals surface area contributed by atoms with Gasteiger partial charge < -0.3 is 10.5 Å². The van der Waals surface area contributed by atoms with E-state index in [-0.39, 0.29) is 23.3 Å². The number of methoxy groups -OCH3 is 1. The molecule has 226 valence electrons. The van der Waals surface area contributed by atoms with Gasteiger partial charge in [0, 0.05) is 34.3 Å². The van der Waals surface area contributed by atoms with Crippen molar-refractivity contribution in [1.82, 2.24) is 24.8 Å². The highest BCUT2D eigenvalue weighted by Gasteiger charge is 2.22. The van der Waals surface area contributed by atoms with Crippen LogP contribution in [-0.4, -0.2) is 46.3 Å². The fourth-order valence-corrected chi connectivity index (χ4v) is 5.69. The van der Waals surface area contributed by atoms with Crippen molar-refractivity contribution in [2.24, 2.45) is 0 Å². The summed E-state index contributed by atoms with van der Waals surface area (Å²) in [6.07, 6.45) is 4.21. The zero-order chi connectivity index (χ0) is 31.7. The zero-order valence-electron chi connectivity index (χ0n) is 23.3. The molecule has 0 atom stereocenters. The normalized spacial score (nSPS) is 11.4. The molecule has 3 heterocycles. The molecule has 0 fully saturated rings. The second-order valence-corrected chi connectivity index (χ2v) is 11.3. The molecule has 45 heavy (non-hydrogen) atoms. The van der Waals surface area contributed by atoms with Crippen LogP contribution in [0.4, 0.5) is 20.3 Å². The van der Waals surface area contributed by atoms with E-state index in [1.54, 1.807) is 36.4 Å². The Morgan fingerprint density at radius 3 is 2.36 bits per heavy atom. The molecule has 4 N–H and O–H groups in total. The number of nitrogens with one attached hydrogen (secondary N) is 2. The molecule has 0 saturated heterocycles. The van der Waals surface area contributed by atoms with Crippen molar-refractivity contribution < 1.29 is 26.7 Å². The Kier molecular flexibility index (Phi) is 7.52. The maximum Gasteiger partial charge on any atom is 0.270 e. The molecule has 0 spiro atoms. The number of nitrogens with zero attached hydrogens (tertiary/aromatic N) is 5. The van der Waals surface area contributed by atoms with Crippen molar-refractivity contribution in [3.63, 3.8) is 0 Å². The number of anilines is 2. The smallest absolute Gasteiger partial charge is 0.270 e. The molecule has 0 bridgehead atoms. The van der Waals surface area contributed by atoms with E-state index < -0.39 is 26.6 Å². The van der Waals surface area contributed by atoms with Gasteiger partial charge in [-0.15, -0.1) is 10.2 Å². The zero-order valence-corrected chi connectivity index (χ0v) is 24.1. The van der Waals surface area contributed by atoms with Gasteiger partial charge in [-0.3, -0.25) is 14.9 Å². The van der Waals surface area contributed by atoms with E-state index >= 15 is 0 Å². The first-order valence-corrected chi connectivity index (χ1v) is 14.6. The van der Waals surface area contributed by atoms with Crippen LogP contribution in [0.25, 0.3) is 33.2 Å². The molecule has 3 aromatic carbocycles. The second kappa shape index (κ2) is 11.6. The first-order valence-electron chi connectivity index (χ1n) is 13.1. The average Bonchev–Trinajstić information content (AvgIpc) is 3.53. The number of pyridine rings is 2. The van der Waals surface area contributed by atoms with Crippen molar-refractivity contribution in [2.75, 3.05) is 23.0 Å². The third-order valence-corrected chi connectivity index (χ3v) is 8.16. The lowest BCUT2D eigenvalue weighted by Crippen LogP contribution is -2.21. The Hall–Kier alpha value is -5.96. The second-order valence-electron chi connectivity index (χ2n) is 9.68. The summed E-state index contributed by atoms with van der Waals surface area (Å²) in [5.74, 6) is -2.28. The third-order valence-electron chi connectivity index (χ3n) is 6.76. The Balaban J connectivity index is 1.31. The lowest BCUT2D eigenvalue weighted by Gasteiger charge is -2.14. The van der Waals surface area contributed by atoms with Crippen LogP contribution in [0.1, 0.15) is 10.4 Å². The van der Waals surface area contributed by atoms with Gasteiger partial charge in [0.2, 0.25) is 5.88 Å². The molecular formula is C30H22F2N8O4S. The van der Waals surface area contributed by atoms with Crippen molar-refractivity contribution in [2.45, 2.75) is 4.90 Å². The minimum atomic E-state index is -4.46. The molecule has 6 rings (SSSR count). The maximum atomic E-state index is 14.3. The SMILES string of the molecule is COc1ncc(-c2ccc3nc(N)c(-c4ccc(C(=O)Nn5cnnc5)cc4)cc3c2)cc1NS(=O)(=O)c1ccc(F)cc1F. The average molecular weight is 629 g/mol. The molecule has 15 heteroatoms. The van der Waals surface area contributed by atoms with E-state index in [0.717, 1.165) is 23.1 Å². The minimum absolute atomic E-state index is 0.0524. The highest BCUT2D eigenvalue weighted by Crippen LogP contribution is 2.34. The molecule has 0 unspecified atom stereocenters. The highest BCUT2D eigenvalue weighted by molar-refractivity contribution is 7.92. The molecule has 0 radical (unpaired) electrons. The summed E-state index contributed by atoms with van der Waals surface area (Å²) in [4.78, 5) is 20.5. The van der Waals surface area contributed by atoms with Crippen molar-refractivity contribution in [1.29, 1.82) is 0 Å². The summed E-state index contributed by atoms with van der Waals surface area (Å²) in [7, 11) is -3.15. The van der Waals surface area contributed by atoms with Crippen LogP contribution < -0.4 is 20.6 Å². The van der Waals surface area contributed by atoms with Crippen LogP contribution >= 0.6 is 0 Å². The Labute approximate surface area is 254 Å². The summed E-state index contributed by atoms with van der Waals surface area (Å²) in [6.45, 7) is 0. The number of carbonyl (C=O) groups is 1. The van der Waals surface area contributed by atoms with Gasteiger partial charge in [-0.05, 0) is 59.7 Å². The lowest BCUT2D eigenvalue weighted by atomic mass is 10.00. The van der Waals surface area contributed by atoms with Crippen molar-refractivity contribution in [3.05, 3.63) is 109 Å². The Bertz CT molecular complexity index is 2180. The molecule has 1 amide bonds. The Morgan fingerprint density at radius 1 is 0.911 bits per heavy atom. The molecule has 0 aliphatic rings. The van der Waals surface area contributed by atoms with Crippen LogP contribution in [-0.2, 0) is 10.0 Å². The van der Waals surface area contributed by atoms with Crippen LogP contribution in [0.3, 0.4) is 0 Å². The minimum Gasteiger partial charge on any atom is -0.480 e. The van der Waals surface area contributed by atoms with E-state index in [2.05, 4.69) is 30.3 Å². The van der Waals surface area contributed by atoms with Crippen LogP contribution in [0.2, 0.25) is 0 Å². The summed E-state index contributed by atoms with van der Waals surface area (Å²) >= 11 is 0. The molecule has 12 nitrogen and oxygen atoms in total. The maximum absolute atomic E-state index is 14.3. The number of fused-ring (bicyclic) bond motifs is 1. The molecular weight excluding hydrogens is 606 g/mol. The van der Waals surface area contributed by atoms with Crippen LogP contribution in [0.5, 0.6) is 5.88 Å². The van der Waals surface area contributed by atoms with Gasteiger partial charge in [-0.2, -0.15) is 0 Å². The van der Waals surface area contributed by atoms with Gasteiger partial charge >= 0.3 is 0 Å². The van der Waals surface area contributed by atoms with E-state index in [1.807, 2.05) is 12.1 Å². The first kappa shape index (κ1) is 29.1. The van der Waals surface area contributed by atoms with E-state index in [1.165, 1.54) is 36.7 Å². The summed E-state index contributed by atoms with van der Waals surface area (Å²) in [5.41, 5.74) is 12.4. The number of nitrogens with two attached hydrogens (primary N) is 1.